The highest BCUT2D eigenvalue weighted by atomic mass is 16.3. The summed E-state index contributed by atoms with van der Waals surface area (Å²) < 4.78 is 0. The van der Waals surface area contributed by atoms with Crippen LogP contribution < -0.4 is 0 Å². The minimum absolute atomic E-state index is 0.117. The molecule has 102 valence electrons. The summed E-state index contributed by atoms with van der Waals surface area (Å²) in [4.78, 5) is 0. The first kappa shape index (κ1) is 13.4. The Morgan fingerprint density at radius 1 is 1.19 bits per heavy atom. The van der Waals surface area contributed by atoms with Gasteiger partial charge in [0, 0.05) is 12.3 Å². The highest BCUT2D eigenvalue weighted by molar-refractivity contribution is 5.52. The summed E-state index contributed by atoms with van der Waals surface area (Å²) in [5.41, 5.74) is 5.17. The first-order chi connectivity index (χ1) is 10.2. The van der Waals surface area contributed by atoms with Crippen LogP contribution in [0, 0.1) is 23.7 Å². The molecule has 0 fully saturated rings. The van der Waals surface area contributed by atoms with Crippen LogP contribution in [-0.2, 0) is 6.42 Å². The summed E-state index contributed by atoms with van der Waals surface area (Å²) in [5.74, 6) is 2.43. The van der Waals surface area contributed by atoms with Gasteiger partial charge in [0.2, 0.25) is 0 Å². The lowest BCUT2D eigenvalue weighted by molar-refractivity contribution is 0.160. The van der Waals surface area contributed by atoms with Gasteiger partial charge in [-0.1, -0.05) is 30.3 Å². The molecule has 0 aliphatic heterocycles. The minimum Gasteiger partial charge on any atom is -0.391 e. The van der Waals surface area contributed by atoms with Gasteiger partial charge < -0.3 is 5.11 Å². The van der Waals surface area contributed by atoms with Crippen molar-refractivity contribution in [3.8, 4) is 18.4 Å². The molecule has 21 heavy (non-hydrogen) atoms. The van der Waals surface area contributed by atoms with Gasteiger partial charge in [-0.2, -0.15) is 5.26 Å². The first-order valence-electron chi connectivity index (χ1n) is 6.97. The Bertz CT molecular complexity index is 764. The molecule has 0 amide bonds. The summed E-state index contributed by atoms with van der Waals surface area (Å²) in [6, 6.07) is 16.0. The van der Waals surface area contributed by atoms with Crippen molar-refractivity contribution in [2.75, 3.05) is 0 Å². The number of hydrogen-bond acceptors (Lipinski definition) is 2. The van der Waals surface area contributed by atoms with Gasteiger partial charge in [-0.3, -0.25) is 0 Å². The lowest BCUT2D eigenvalue weighted by Gasteiger charge is -2.31. The zero-order chi connectivity index (χ0) is 14.8. The maximum absolute atomic E-state index is 10.5. The molecule has 2 heteroatoms. The van der Waals surface area contributed by atoms with Crippen LogP contribution >= 0.6 is 0 Å². The predicted octanol–water partition coefficient (Wildman–Crippen LogP) is 2.98. The van der Waals surface area contributed by atoms with E-state index in [1.54, 1.807) is 0 Å². The van der Waals surface area contributed by atoms with Crippen LogP contribution in [0.1, 0.15) is 40.2 Å². The number of aliphatic hydroxyl groups excluding tert-OH is 1. The molecule has 0 saturated carbocycles. The third-order valence-electron chi connectivity index (χ3n) is 4.09. The number of hydrogen-bond donors (Lipinski definition) is 1. The number of aliphatic hydroxyl groups is 1. The summed E-state index contributed by atoms with van der Waals surface area (Å²) in [7, 11) is 0. The fourth-order valence-electron chi connectivity index (χ4n) is 3.16. The van der Waals surface area contributed by atoms with Gasteiger partial charge >= 0.3 is 0 Å². The molecule has 0 saturated heterocycles. The fourth-order valence-corrected chi connectivity index (χ4v) is 3.16. The van der Waals surface area contributed by atoms with Crippen LogP contribution in [0.3, 0.4) is 0 Å². The van der Waals surface area contributed by atoms with Crippen molar-refractivity contribution >= 4 is 0 Å². The van der Waals surface area contributed by atoms with Gasteiger partial charge in [-0.25, -0.2) is 0 Å². The second kappa shape index (κ2) is 5.44. The van der Waals surface area contributed by atoms with E-state index in [1.165, 1.54) is 5.56 Å². The first-order valence-corrected chi connectivity index (χ1v) is 6.97. The normalized spacial score (nSPS) is 17.0. The van der Waals surface area contributed by atoms with Crippen molar-refractivity contribution < 1.29 is 5.11 Å². The van der Waals surface area contributed by atoms with Crippen LogP contribution in [0.15, 0.2) is 42.5 Å². The van der Waals surface area contributed by atoms with Crippen LogP contribution in [0.2, 0.25) is 0 Å². The topological polar surface area (TPSA) is 44.0 Å². The Morgan fingerprint density at radius 3 is 2.71 bits per heavy atom. The lowest BCUT2D eigenvalue weighted by atomic mass is 9.74. The molecule has 2 aromatic carbocycles. The van der Waals surface area contributed by atoms with E-state index in [0.29, 0.717) is 12.0 Å². The third-order valence-corrected chi connectivity index (χ3v) is 4.09. The van der Waals surface area contributed by atoms with Crippen molar-refractivity contribution in [2.24, 2.45) is 0 Å². The van der Waals surface area contributed by atoms with Gasteiger partial charge in [-0.15, -0.1) is 12.3 Å². The highest BCUT2D eigenvalue weighted by Crippen LogP contribution is 2.39. The summed E-state index contributed by atoms with van der Waals surface area (Å²) >= 11 is 0. The highest BCUT2D eigenvalue weighted by Gasteiger charge is 2.30. The van der Waals surface area contributed by atoms with E-state index in [4.69, 9.17) is 11.7 Å². The smallest absolute Gasteiger partial charge is 0.0991 e. The number of fused-ring (bicyclic) bond motifs is 2. The van der Waals surface area contributed by atoms with Crippen molar-refractivity contribution in [3.05, 3.63) is 70.3 Å². The van der Waals surface area contributed by atoms with E-state index in [0.717, 1.165) is 23.1 Å². The van der Waals surface area contributed by atoms with Gasteiger partial charge in [0.15, 0.2) is 0 Å². The van der Waals surface area contributed by atoms with Crippen molar-refractivity contribution in [2.45, 2.75) is 24.9 Å². The van der Waals surface area contributed by atoms with Gasteiger partial charge in [0.25, 0.3) is 0 Å². The Labute approximate surface area is 124 Å². The van der Waals surface area contributed by atoms with E-state index in [9.17, 15) is 5.11 Å². The Kier molecular flexibility index (Phi) is 3.48. The van der Waals surface area contributed by atoms with E-state index >= 15 is 0 Å². The number of rotatable bonds is 2. The zero-order valence-electron chi connectivity index (χ0n) is 11.6. The quantitative estimate of drug-likeness (QED) is 0.855. The molecule has 0 spiro atoms. The van der Waals surface area contributed by atoms with E-state index in [1.807, 2.05) is 30.3 Å². The van der Waals surface area contributed by atoms with Crippen molar-refractivity contribution in [3.63, 3.8) is 0 Å². The number of nitrogens with zero attached hydrogens (tertiary/aromatic N) is 1. The molecule has 2 unspecified atom stereocenters. The van der Waals surface area contributed by atoms with Crippen molar-refractivity contribution in [1.82, 2.24) is 0 Å². The second-order valence-electron chi connectivity index (χ2n) is 5.35. The van der Waals surface area contributed by atoms with Crippen molar-refractivity contribution in [1.29, 1.82) is 5.26 Å². The number of nitriles is 1. The third kappa shape index (κ3) is 2.31. The Morgan fingerprint density at radius 2 is 1.95 bits per heavy atom. The molecular weight excluding hydrogens is 258 g/mol. The molecule has 1 N–H and O–H groups in total. The van der Waals surface area contributed by atoms with Gasteiger partial charge in [0.1, 0.15) is 0 Å². The number of benzene rings is 2. The predicted molar refractivity (Wildman–Crippen MR) is 81.7 cm³/mol. The van der Waals surface area contributed by atoms with Crippen LogP contribution in [-0.4, -0.2) is 11.2 Å². The van der Waals surface area contributed by atoms with E-state index in [-0.39, 0.29) is 5.92 Å². The van der Waals surface area contributed by atoms with E-state index < -0.39 is 6.10 Å². The van der Waals surface area contributed by atoms with E-state index in [2.05, 4.69) is 24.1 Å². The summed E-state index contributed by atoms with van der Waals surface area (Å²) in [6.45, 7) is 0. The molecule has 0 radical (unpaired) electrons. The summed E-state index contributed by atoms with van der Waals surface area (Å²) in [6.07, 6.45) is 5.87. The maximum atomic E-state index is 10.5. The van der Waals surface area contributed by atoms with Crippen LogP contribution in [0.5, 0.6) is 0 Å². The largest absolute Gasteiger partial charge is 0.391 e. The Hall–Kier alpha value is -2.55. The molecule has 1 aliphatic carbocycles. The standard InChI is InChI=1S/C19H15NO/c1-2-5-18(21)19-16-7-4-3-6-14(16)11-15-10-13(12-20)8-9-17(15)19/h1,3-4,6-10,18-19,21H,5,11H2. The Balaban J connectivity index is 2.16. The average Bonchev–Trinajstić information content (AvgIpc) is 2.52. The average molecular weight is 273 g/mol. The van der Waals surface area contributed by atoms with Crippen LogP contribution in [0.4, 0.5) is 0 Å². The zero-order valence-corrected chi connectivity index (χ0v) is 11.6. The molecule has 2 aromatic rings. The fraction of sp³-hybridized carbons (Fsp3) is 0.211. The summed E-state index contributed by atoms with van der Waals surface area (Å²) in [5, 5.41) is 19.6. The number of terminal acetylenes is 1. The van der Waals surface area contributed by atoms with Gasteiger partial charge in [0.05, 0.1) is 17.7 Å². The maximum Gasteiger partial charge on any atom is 0.0991 e. The molecule has 0 heterocycles. The van der Waals surface area contributed by atoms with Crippen LogP contribution in [0.25, 0.3) is 0 Å². The lowest BCUT2D eigenvalue weighted by Crippen LogP contribution is -2.25. The molecule has 2 nitrogen and oxygen atoms in total. The molecule has 3 rings (SSSR count). The molecule has 2 atom stereocenters. The molecule has 1 aliphatic rings. The minimum atomic E-state index is -0.608. The molecular formula is C19H15NO. The SMILES string of the molecule is C#CCC(O)C1c2ccccc2Cc2cc(C#N)ccc21. The second-order valence-corrected chi connectivity index (χ2v) is 5.35. The van der Waals surface area contributed by atoms with Gasteiger partial charge in [-0.05, 0) is 40.8 Å². The molecule has 0 aromatic heterocycles. The molecule has 0 bridgehead atoms. The monoisotopic (exact) mass is 273 g/mol.